The average molecular weight is 227 g/mol. The van der Waals surface area contributed by atoms with E-state index in [1.54, 1.807) is 0 Å². The van der Waals surface area contributed by atoms with E-state index >= 15 is 0 Å². The number of ether oxygens (including phenoxy) is 1. The molecule has 0 amide bonds. The molecular weight excluding hydrogens is 196 g/mol. The van der Waals surface area contributed by atoms with Gasteiger partial charge in [-0.05, 0) is 20.3 Å². The minimum Gasteiger partial charge on any atom is -0.373 e. The minimum atomic E-state index is 0.346. The van der Waals surface area contributed by atoms with E-state index in [0.29, 0.717) is 6.10 Å². The van der Waals surface area contributed by atoms with Crippen LogP contribution in [0, 0.1) is 6.61 Å². The summed E-state index contributed by atoms with van der Waals surface area (Å²) in [6.07, 6.45) is 14.0. The van der Waals surface area contributed by atoms with E-state index in [4.69, 9.17) is 4.74 Å². The van der Waals surface area contributed by atoms with E-state index in [1.165, 1.54) is 57.8 Å². The molecule has 1 radical (unpaired) electrons. The van der Waals surface area contributed by atoms with Crippen LogP contribution in [-0.4, -0.2) is 6.10 Å². The zero-order chi connectivity index (χ0) is 12.1. The van der Waals surface area contributed by atoms with Crippen LogP contribution in [0.1, 0.15) is 85.0 Å². The molecule has 0 aromatic rings. The molecular formula is C15H31O. The molecule has 0 aliphatic rings. The molecule has 0 aromatic heterocycles. The highest BCUT2D eigenvalue weighted by Gasteiger charge is 1.95. The van der Waals surface area contributed by atoms with Crippen LogP contribution in [0.3, 0.4) is 0 Å². The zero-order valence-corrected chi connectivity index (χ0v) is 11.6. The van der Waals surface area contributed by atoms with E-state index in [2.05, 4.69) is 20.8 Å². The lowest BCUT2D eigenvalue weighted by atomic mass is 10.1. The number of unbranched alkanes of at least 4 members (excludes halogenated alkanes) is 9. The van der Waals surface area contributed by atoms with Gasteiger partial charge in [-0.1, -0.05) is 64.7 Å². The second kappa shape index (κ2) is 13.0. The predicted octanol–water partition coefficient (Wildman–Crippen LogP) is 5.49. The summed E-state index contributed by atoms with van der Waals surface area (Å²) in [5.41, 5.74) is 0. The van der Waals surface area contributed by atoms with Gasteiger partial charge in [0.25, 0.3) is 0 Å². The Labute approximate surface area is 103 Å². The van der Waals surface area contributed by atoms with Gasteiger partial charge in [-0.2, -0.15) is 0 Å². The summed E-state index contributed by atoms with van der Waals surface area (Å²) < 4.78 is 5.39. The Morgan fingerprint density at radius 2 is 1.31 bits per heavy atom. The number of hydrogen-bond acceptors (Lipinski definition) is 1. The molecule has 0 rings (SSSR count). The third-order valence-corrected chi connectivity index (χ3v) is 2.79. The van der Waals surface area contributed by atoms with Gasteiger partial charge in [0.1, 0.15) is 0 Å². The molecule has 0 heterocycles. The maximum absolute atomic E-state index is 5.39. The van der Waals surface area contributed by atoms with E-state index in [-0.39, 0.29) is 0 Å². The first-order valence-corrected chi connectivity index (χ1v) is 7.24. The highest BCUT2D eigenvalue weighted by molar-refractivity contribution is 4.54. The molecule has 16 heavy (non-hydrogen) atoms. The number of hydrogen-bond donors (Lipinski definition) is 0. The van der Waals surface area contributed by atoms with Gasteiger partial charge in [0.2, 0.25) is 0 Å². The molecule has 0 aliphatic heterocycles. The van der Waals surface area contributed by atoms with Gasteiger partial charge in [0, 0.05) is 0 Å². The summed E-state index contributed by atoms with van der Waals surface area (Å²) in [5.74, 6) is 0. The maximum atomic E-state index is 5.39. The van der Waals surface area contributed by atoms with Crippen molar-refractivity contribution in [3.8, 4) is 0 Å². The fourth-order valence-corrected chi connectivity index (χ4v) is 1.80. The van der Waals surface area contributed by atoms with Crippen molar-refractivity contribution >= 4 is 0 Å². The highest BCUT2D eigenvalue weighted by atomic mass is 16.5. The van der Waals surface area contributed by atoms with E-state index in [9.17, 15) is 0 Å². The monoisotopic (exact) mass is 227 g/mol. The second-order valence-corrected chi connectivity index (χ2v) is 4.97. The first kappa shape index (κ1) is 16.0. The summed E-state index contributed by atoms with van der Waals surface area (Å²) >= 11 is 0. The summed E-state index contributed by atoms with van der Waals surface area (Å²) in [4.78, 5) is 0. The Morgan fingerprint density at radius 1 is 0.812 bits per heavy atom. The summed E-state index contributed by atoms with van der Waals surface area (Å²) in [7, 11) is 0. The third kappa shape index (κ3) is 14.0. The number of rotatable bonds is 12. The van der Waals surface area contributed by atoms with Crippen LogP contribution in [-0.2, 0) is 4.74 Å². The van der Waals surface area contributed by atoms with Gasteiger partial charge in [0.05, 0.1) is 12.7 Å². The summed E-state index contributed by atoms with van der Waals surface area (Å²) in [6.45, 7) is 8.40. The topological polar surface area (TPSA) is 9.23 Å². The van der Waals surface area contributed by atoms with Crippen molar-refractivity contribution in [2.45, 2.75) is 91.1 Å². The van der Waals surface area contributed by atoms with Crippen LogP contribution in [0.4, 0.5) is 0 Å². The van der Waals surface area contributed by atoms with Crippen LogP contribution in [0.15, 0.2) is 0 Å². The Hall–Kier alpha value is -0.0400. The summed E-state index contributed by atoms with van der Waals surface area (Å²) in [5, 5.41) is 0. The van der Waals surface area contributed by atoms with Crippen LogP contribution < -0.4 is 0 Å². The first-order chi connectivity index (χ1) is 7.77. The standard InChI is InChI=1S/C15H31O/c1-4-5-6-7-8-9-10-11-12-13-14-16-15(2)3/h14-15H,4-13H2,1-3H3. The normalized spacial score (nSPS) is 11.2. The van der Waals surface area contributed by atoms with Gasteiger partial charge >= 0.3 is 0 Å². The molecule has 0 aromatic carbocycles. The summed E-state index contributed by atoms with van der Waals surface area (Å²) in [6, 6.07) is 0. The van der Waals surface area contributed by atoms with Crippen LogP contribution >= 0.6 is 0 Å². The van der Waals surface area contributed by atoms with E-state index < -0.39 is 0 Å². The molecule has 0 atom stereocenters. The lowest BCUT2D eigenvalue weighted by Gasteiger charge is -2.06. The molecule has 0 aliphatic carbocycles. The lowest BCUT2D eigenvalue weighted by molar-refractivity contribution is 0.129. The van der Waals surface area contributed by atoms with Crippen molar-refractivity contribution in [3.05, 3.63) is 6.61 Å². The molecule has 0 spiro atoms. The fraction of sp³-hybridized carbons (Fsp3) is 0.933. The quantitative estimate of drug-likeness (QED) is 0.400. The molecule has 1 nitrogen and oxygen atoms in total. The van der Waals surface area contributed by atoms with Crippen molar-refractivity contribution in [1.82, 2.24) is 0 Å². The SMILES string of the molecule is CCCCCCCCCCC[CH]OC(C)C. The molecule has 0 unspecified atom stereocenters. The zero-order valence-electron chi connectivity index (χ0n) is 11.6. The van der Waals surface area contributed by atoms with Crippen LogP contribution in [0.25, 0.3) is 0 Å². The smallest absolute Gasteiger partial charge is 0.0840 e. The molecule has 97 valence electrons. The van der Waals surface area contributed by atoms with Crippen molar-refractivity contribution in [1.29, 1.82) is 0 Å². The first-order valence-electron chi connectivity index (χ1n) is 7.24. The Kier molecular flexibility index (Phi) is 13.0. The van der Waals surface area contributed by atoms with Gasteiger partial charge in [-0.15, -0.1) is 0 Å². The molecule has 1 heteroatoms. The van der Waals surface area contributed by atoms with Crippen molar-refractivity contribution in [2.24, 2.45) is 0 Å². The maximum Gasteiger partial charge on any atom is 0.0840 e. The predicted molar refractivity (Wildman–Crippen MR) is 72.4 cm³/mol. The van der Waals surface area contributed by atoms with Crippen LogP contribution in [0.2, 0.25) is 0 Å². The van der Waals surface area contributed by atoms with Gasteiger partial charge in [-0.3, -0.25) is 0 Å². The Balaban J connectivity index is 2.88. The van der Waals surface area contributed by atoms with Crippen molar-refractivity contribution in [3.63, 3.8) is 0 Å². The molecule has 0 N–H and O–H groups in total. The van der Waals surface area contributed by atoms with Gasteiger partial charge in [0.15, 0.2) is 0 Å². The minimum absolute atomic E-state index is 0.346. The van der Waals surface area contributed by atoms with Gasteiger partial charge in [-0.25, -0.2) is 0 Å². The Morgan fingerprint density at radius 3 is 1.81 bits per heavy atom. The molecule has 0 saturated heterocycles. The van der Waals surface area contributed by atoms with Crippen molar-refractivity contribution < 1.29 is 4.74 Å². The van der Waals surface area contributed by atoms with E-state index in [1.807, 2.05) is 6.61 Å². The largest absolute Gasteiger partial charge is 0.373 e. The average Bonchev–Trinajstić information content (AvgIpc) is 2.25. The fourth-order valence-electron chi connectivity index (χ4n) is 1.80. The third-order valence-electron chi connectivity index (χ3n) is 2.79. The Bertz CT molecular complexity index is 121. The van der Waals surface area contributed by atoms with E-state index in [0.717, 1.165) is 6.42 Å². The molecule has 0 saturated carbocycles. The van der Waals surface area contributed by atoms with Crippen LogP contribution in [0.5, 0.6) is 0 Å². The molecule has 0 bridgehead atoms. The lowest BCUT2D eigenvalue weighted by Crippen LogP contribution is -1.99. The van der Waals surface area contributed by atoms with Gasteiger partial charge < -0.3 is 4.74 Å². The second-order valence-electron chi connectivity index (χ2n) is 4.97. The van der Waals surface area contributed by atoms with Crippen molar-refractivity contribution in [2.75, 3.05) is 0 Å². The highest BCUT2D eigenvalue weighted by Crippen LogP contribution is 2.11. The molecule has 0 fully saturated rings.